The fraction of sp³-hybridized carbons (Fsp3) is 0.300. The molecule has 2 saturated heterocycles. The average molecular weight is 498 g/mol. The summed E-state index contributed by atoms with van der Waals surface area (Å²) in [5, 5.41) is 9.25. The van der Waals surface area contributed by atoms with Crippen molar-refractivity contribution in [2.24, 2.45) is 0 Å². The molecule has 0 bridgehead atoms. The van der Waals surface area contributed by atoms with Gasteiger partial charge in [-0.1, -0.05) is 48.5 Å². The van der Waals surface area contributed by atoms with Crippen molar-refractivity contribution in [3.8, 4) is 0 Å². The van der Waals surface area contributed by atoms with Gasteiger partial charge >= 0.3 is 5.97 Å². The van der Waals surface area contributed by atoms with Gasteiger partial charge in [0.2, 0.25) is 0 Å². The summed E-state index contributed by atoms with van der Waals surface area (Å²) in [4.78, 5) is 44.0. The van der Waals surface area contributed by atoms with Gasteiger partial charge in [-0.15, -0.1) is 0 Å². The molecule has 1 N–H and O–H groups in total. The van der Waals surface area contributed by atoms with Gasteiger partial charge in [0.25, 0.3) is 5.91 Å². The zero-order valence-electron chi connectivity index (χ0n) is 20.8. The molecular weight excluding hydrogens is 466 g/mol. The second-order valence-electron chi connectivity index (χ2n) is 9.76. The summed E-state index contributed by atoms with van der Waals surface area (Å²) in [6.45, 7) is 2.80. The Hall–Kier alpha value is -3.97. The maximum Gasteiger partial charge on any atom is 0.335 e. The standard InChI is InChI=1S/C30H31N3O4/c34-27(23-8-3-1-4-9-23)12-7-19-31-20-17-30(18-21-31)29(37)32(22-33(30)26-10-5-2-6-11-26)25-15-13-24(14-16-25)28(35)36/h1-6,8-11,13-16H,7,12,17-22H2,(H,35,36). The fourth-order valence-corrected chi connectivity index (χ4v) is 5.49. The third-order valence-corrected chi connectivity index (χ3v) is 7.59. The number of anilines is 2. The summed E-state index contributed by atoms with van der Waals surface area (Å²) in [6, 6.07) is 25.9. The molecule has 3 aromatic carbocycles. The second-order valence-corrected chi connectivity index (χ2v) is 9.76. The second kappa shape index (κ2) is 10.6. The third-order valence-electron chi connectivity index (χ3n) is 7.59. The highest BCUT2D eigenvalue weighted by Gasteiger charge is 2.54. The van der Waals surface area contributed by atoms with Crippen LogP contribution in [0.5, 0.6) is 0 Å². The number of carboxylic acid groups (broad SMARTS) is 1. The molecule has 5 rings (SSSR count). The minimum atomic E-state index is -0.987. The average Bonchev–Trinajstić information content (AvgIpc) is 3.22. The first-order valence-corrected chi connectivity index (χ1v) is 12.8. The van der Waals surface area contributed by atoms with Crippen LogP contribution in [0.4, 0.5) is 11.4 Å². The molecule has 0 aromatic heterocycles. The maximum absolute atomic E-state index is 14.0. The minimum Gasteiger partial charge on any atom is -0.478 e. The number of likely N-dealkylation sites (tertiary alicyclic amines) is 1. The van der Waals surface area contributed by atoms with Gasteiger partial charge in [-0.3, -0.25) is 14.5 Å². The van der Waals surface area contributed by atoms with Crippen molar-refractivity contribution in [2.45, 2.75) is 31.2 Å². The lowest BCUT2D eigenvalue weighted by Gasteiger charge is -2.43. The highest BCUT2D eigenvalue weighted by atomic mass is 16.4. The lowest BCUT2D eigenvalue weighted by atomic mass is 9.85. The van der Waals surface area contributed by atoms with Crippen LogP contribution < -0.4 is 9.80 Å². The first-order valence-electron chi connectivity index (χ1n) is 12.8. The van der Waals surface area contributed by atoms with Crippen molar-refractivity contribution in [2.75, 3.05) is 36.1 Å². The number of aromatic carboxylic acids is 1. The Balaban J connectivity index is 1.28. The number of hydrogen-bond acceptors (Lipinski definition) is 5. The van der Waals surface area contributed by atoms with Crippen LogP contribution in [-0.2, 0) is 4.79 Å². The highest BCUT2D eigenvalue weighted by Crippen LogP contribution is 2.41. The maximum atomic E-state index is 14.0. The number of nitrogens with zero attached hydrogens (tertiary/aromatic N) is 3. The Kier molecular flexibility index (Phi) is 7.06. The van der Waals surface area contributed by atoms with Crippen molar-refractivity contribution in [1.29, 1.82) is 0 Å². The molecule has 37 heavy (non-hydrogen) atoms. The van der Waals surface area contributed by atoms with Crippen molar-refractivity contribution in [1.82, 2.24) is 4.90 Å². The number of Topliss-reactive ketones (excluding diaryl/α,β-unsaturated/α-hetero) is 1. The summed E-state index contributed by atoms with van der Waals surface area (Å²) >= 11 is 0. The topological polar surface area (TPSA) is 81.2 Å². The number of carbonyl (C=O) groups excluding carboxylic acids is 2. The van der Waals surface area contributed by atoms with Crippen molar-refractivity contribution >= 4 is 29.0 Å². The number of piperidine rings is 1. The predicted molar refractivity (Wildman–Crippen MR) is 143 cm³/mol. The number of amides is 1. The molecule has 2 heterocycles. The molecule has 0 atom stereocenters. The number of ketones is 1. The zero-order valence-corrected chi connectivity index (χ0v) is 20.8. The fourth-order valence-electron chi connectivity index (χ4n) is 5.49. The van der Waals surface area contributed by atoms with E-state index in [0.29, 0.717) is 31.6 Å². The van der Waals surface area contributed by atoms with E-state index in [1.54, 1.807) is 29.2 Å². The molecular formula is C30H31N3O4. The van der Waals surface area contributed by atoms with Crippen LogP contribution in [0.25, 0.3) is 0 Å². The Labute approximate surface area is 216 Å². The lowest BCUT2D eigenvalue weighted by molar-refractivity contribution is -0.123. The van der Waals surface area contributed by atoms with Crippen LogP contribution in [0.15, 0.2) is 84.9 Å². The summed E-state index contributed by atoms with van der Waals surface area (Å²) in [5.74, 6) is -0.766. The van der Waals surface area contributed by atoms with E-state index in [9.17, 15) is 19.5 Å². The van der Waals surface area contributed by atoms with E-state index < -0.39 is 11.5 Å². The van der Waals surface area contributed by atoms with Gasteiger partial charge < -0.3 is 14.9 Å². The largest absolute Gasteiger partial charge is 0.478 e. The van der Waals surface area contributed by atoms with Crippen LogP contribution in [0.2, 0.25) is 0 Å². The first kappa shape index (κ1) is 24.7. The molecule has 0 unspecified atom stereocenters. The van der Waals surface area contributed by atoms with Gasteiger partial charge in [-0.25, -0.2) is 4.79 Å². The molecule has 2 aliphatic rings. The Morgan fingerprint density at radius 1 is 0.784 bits per heavy atom. The third kappa shape index (κ3) is 5.00. The molecule has 190 valence electrons. The van der Waals surface area contributed by atoms with Crippen molar-refractivity contribution < 1.29 is 19.5 Å². The molecule has 3 aromatic rings. The molecule has 0 radical (unpaired) electrons. The Morgan fingerprint density at radius 3 is 2.03 bits per heavy atom. The molecule has 2 aliphatic heterocycles. The molecule has 7 heteroatoms. The number of rotatable bonds is 8. The lowest BCUT2D eigenvalue weighted by Crippen LogP contribution is -2.56. The van der Waals surface area contributed by atoms with Crippen LogP contribution in [0, 0.1) is 0 Å². The molecule has 1 amide bonds. The number of carbonyl (C=O) groups is 3. The predicted octanol–water partition coefficient (Wildman–Crippen LogP) is 4.69. The minimum absolute atomic E-state index is 0.0540. The molecule has 0 saturated carbocycles. The normalized spacial score (nSPS) is 17.4. The number of para-hydroxylation sites is 1. The van der Waals surface area contributed by atoms with E-state index in [4.69, 9.17) is 0 Å². The summed E-state index contributed by atoms with van der Waals surface area (Å²) in [7, 11) is 0. The smallest absolute Gasteiger partial charge is 0.335 e. The number of carboxylic acids is 1. The zero-order chi connectivity index (χ0) is 25.8. The van der Waals surface area contributed by atoms with Crippen LogP contribution in [0.1, 0.15) is 46.4 Å². The van der Waals surface area contributed by atoms with E-state index >= 15 is 0 Å². The van der Waals surface area contributed by atoms with Crippen LogP contribution in [-0.4, -0.2) is 59.5 Å². The SMILES string of the molecule is O=C(O)c1ccc(N2CN(c3ccccc3)C3(CCN(CCCC(=O)c4ccccc4)CC3)C2=O)cc1. The monoisotopic (exact) mass is 497 g/mol. The summed E-state index contributed by atoms with van der Waals surface area (Å²) < 4.78 is 0. The summed E-state index contributed by atoms with van der Waals surface area (Å²) in [5.41, 5.74) is 2.01. The van der Waals surface area contributed by atoms with Gasteiger partial charge in [-0.05, 0) is 62.2 Å². The van der Waals surface area contributed by atoms with Crippen molar-refractivity contribution in [3.05, 3.63) is 96.1 Å². The number of benzene rings is 3. The Morgan fingerprint density at radius 2 is 1.41 bits per heavy atom. The molecule has 1 spiro atoms. The van der Waals surface area contributed by atoms with Gasteiger partial charge in [0.15, 0.2) is 5.78 Å². The quantitative estimate of drug-likeness (QED) is 0.455. The molecule has 2 fully saturated rings. The van der Waals surface area contributed by atoms with Crippen LogP contribution >= 0.6 is 0 Å². The molecule has 0 aliphatic carbocycles. The van der Waals surface area contributed by atoms with E-state index in [0.717, 1.165) is 37.3 Å². The summed E-state index contributed by atoms with van der Waals surface area (Å²) in [6.07, 6.45) is 2.69. The van der Waals surface area contributed by atoms with Gasteiger partial charge in [0, 0.05) is 36.4 Å². The number of hydrogen-bond donors (Lipinski definition) is 1. The highest BCUT2D eigenvalue weighted by molar-refractivity contribution is 6.06. The first-order chi connectivity index (χ1) is 18.0. The molecule has 7 nitrogen and oxygen atoms in total. The van der Waals surface area contributed by atoms with Gasteiger partial charge in [-0.2, -0.15) is 0 Å². The van der Waals surface area contributed by atoms with Gasteiger partial charge in [0.1, 0.15) is 5.54 Å². The van der Waals surface area contributed by atoms with E-state index in [2.05, 4.69) is 9.80 Å². The van der Waals surface area contributed by atoms with Crippen molar-refractivity contribution in [3.63, 3.8) is 0 Å². The Bertz CT molecular complexity index is 1250. The van der Waals surface area contributed by atoms with Gasteiger partial charge in [0.05, 0.1) is 12.2 Å². The van der Waals surface area contributed by atoms with E-state index in [1.807, 2.05) is 60.7 Å². The van der Waals surface area contributed by atoms with Crippen LogP contribution in [0.3, 0.4) is 0 Å². The van der Waals surface area contributed by atoms with E-state index in [1.165, 1.54) is 0 Å². The van der Waals surface area contributed by atoms with E-state index in [-0.39, 0.29) is 17.3 Å².